The van der Waals surface area contributed by atoms with Gasteiger partial charge in [-0.15, -0.1) is 11.3 Å². The number of hydrogen-bond acceptors (Lipinski definition) is 2. The van der Waals surface area contributed by atoms with Gasteiger partial charge in [0.05, 0.1) is 16.0 Å². The first-order chi connectivity index (χ1) is 9.27. The summed E-state index contributed by atoms with van der Waals surface area (Å²) >= 11 is 10.2. The number of hydrogen-bond donors (Lipinski definition) is 1. The smallest absolute Gasteiger partial charge is 0.388 e. The number of aliphatic hydroxyl groups is 1. The van der Waals surface area contributed by atoms with Gasteiger partial charge in [0.1, 0.15) is 0 Å². The van der Waals surface area contributed by atoms with Crippen LogP contribution in [0.1, 0.15) is 22.1 Å². The molecule has 1 aromatic heterocycles. The van der Waals surface area contributed by atoms with Crippen molar-refractivity contribution in [2.75, 3.05) is 0 Å². The quantitative estimate of drug-likeness (QED) is 0.744. The Morgan fingerprint density at radius 2 is 1.95 bits per heavy atom. The molecule has 0 radical (unpaired) electrons. The van der Waals surface area contributed by atoms with E-state index in [-0.39, 0.29) is 12.0 Å². The molecule has 0 spiro atoms. The van der Waals surface area contributed by atoms with Gasteiger partial charge in [0.2, 0.25) is 0 Å². The molecule has 1 N–H and O–H groups in total. The normalized spacial score (nSPS) is 13.5. The second-order valence-electron chi connectivity index (χ2n) is 4.16. The van der Waals surface area contributed by atoms with E-state index in [1.165, 1.54) is 17.4 Å². The summed E-state index contributed by atoms with van der Waals surface area (Å²) in [6.07, 6.45) is -5.24. The summed E-state index contributed by atoms with van der Waals surface area (Å²) in [4.78, 5) is 0.812. The summed E-state index contributed by atoms with van der Waals surface area (Å²) in [7, 11) is 0. The SMILES string of the molecule is OC(Cc1ccc(Cl)s1)c1cc(C(F)(F)F)ccc1Br. The van der Waals surface area contributed by atoms with Crippen molar-refractivity contribution in [1.82, 2.24) is 0 Å². The van der Waals surface area contributed by atoms with Gasteiger partial charge >= 0.3 is 6.18 Å². The van der Waals surface area contributed by atoms with Gasteiger partial charge < -0.3 is 5.11 Å². The van der Waals surface area contributed by atoms with E-state index in [2.05, 4.69) is 15.9 Å². The Balaban J connectivity index is 2.27. The number of benzene rings is 1. The van der Waals surface area contributed by atoms with Gasteiger partial charge in [0, 0.05) is 15.8 Å². The molecule has 1 nitrogen and oxygen atoms in total. The molecule has 1 heterocycles. The molecule has 2 rings (SSSR count). The van der Waals surface area contributed by atoms with Crippen molar-refractivity contribution in [3.8, 4) is 0 Å². The van der Waals surface area contributed by atoms with Crippen LogP contribution in [0.5, 0.6) is 0 Å². The molecule has 1 unspecified atom stereocenters. The zero-order valence-electron chi connectivity index (χ0n) is 9.92. The van der Waals surface area contributed by atoms with Crippen LogP contribution in [-0.4, -0.2) is 5.11 Å². The molecule has 7 heteroatoms. The van der Waals surface area contributed by atoms with Crippen LogP contribution in [0.3, 0.4) is 0 Å². The fourth-order valence-electron chi connectivity index (χ4n) is 1.74. The van der Waals surface area contributed by atoms with E-state index >= 15 is 0 Å². The summed E-state index contributed by atoms with van der Waals surface area (Å²) in [5.41, 5.74) is -0.566. The van der Waals surface area contributed by atoms with E-state index in [9.17, 15) is 18.3 Å². The highest BCUT2D eigenvalue weighted by Gasteiger charge is 2.31. The topological polar surface area (TPSA) is 20.2 Å². The highest BCUT2D eigenvalue weighted by atomic mass is 79.9. The summed E-state index contributed by atoms with van der Waals surface area (Å²) in [5, 5.41) is 10.1. The first-order valence-corrected chi connectivity index (χ1v) is 7.55. The number of rotatable bonds is 3. The van der Waals surface area contributed by atoms with Crippen LogP contribution in [0.4, 0.5) is 13.2 Å². The average molecular weight is 386 g/mol. The Hall–Kier alpha value is -0.560. The molecule has 0 amide bonds. The van der Waals surface area contributed by atoms with Crippen LogP contribution in [0, 0.1) is 0 Å². The summed E-state index contributed by atoms with van der Waals surface area (Å²) in [5.74, 6) is 0. The van der Waals surface area contributed by atoms with Crippen molar-refractivity contribution in [2.24, 2.45) is 0 Å². The zero-order valence-corrected chi connectivity index (χ0v) is 13.1. The molecule has 0 aliphatic carbocycles. The molecular formula is C13H9BrClF3OS. The molecule has 0 saturated heterocycles. The minimum atomic E-state index is -4.43. The van der Waals surface area contributed by atoms with Crippen molar-refractivity contribution in [2.45, 2.75) is 18.7 Å². The third-order valence-corrected chi connectivity index (χ3v) is 4.68. The van der Waals surface area contributed by atoms with Crippen LogP contribution in [-0.2, 0) is 12.6 Å². The molecule has 0 bridgehead atoms. The molecular weight excluding hydrogens is 377 g/mol. The van der Waals surface area contributed by atoms with Crippen molar-refractivity contribution in [3.63, 3.8) is 0 Å². The fraction of sp³-hybridized carbons (Fsp3) is 0.231. The van der Waals surface area contributed by atoms with Crippen LogP contribution in [0.2, 0.25) is 4.34 Å². The fourth-order valence-corrected chi connectivity index (χ4v) is 3.37. The third kappa shape index (κ3) is 3.75. The van der Waals surface area contributed by atoms with E-state index in [4.69, 9.17) is 11.6 Å². The second kappa shape index (κ2) is 6.05. The van der Waals surface area contributed by atoms with Crippen LogP contribution < -0.4 is 0 Å². The van der Waals surface area contributed by atoms with Crippen LogP contribution >= 0.6 is 38.9 Å². The average Bonchev–Trinajstić information content (AvgIpc) is 2.73. The highest BCUT2D eigenvalue weighted by molar-refractivity contribution is 9.10. The van der Waals surface area contributed by atoms with Crippen molar-refractivity contribution in [1.29, 1.82) is 0 Å². The molecule has 1 aromatic carbocycles. The molecule has 1 atom stereocenters. The highest BCUT2D eigenvalue weighted by Crippen LogP contribution is 2.35. The standard InChI is InChI=1S/C13H9BrClF3OS/c14-10-3-1-7(13(16,17)18)5-9(10)11(19)6-8-2-4-12(15)20-8/h1-5,11,19H,6H2. The number of thiophene rings is 1. The van der Waals surface area contributed by atoms with E-state index in [1.54, 1.807) is 12.1 Å². The van der Waals surface area contributed by atoms with Gasteiger partial charge in [0.15, 0.2) is 0 Å². The van der Waals surface area contributed by atoms with Crippen LogP contribution in [0.15, 0.2) is 34.8 Å². The predicted octanol–water partition coefficient (Wildman–Crippen LogP) is 5.46. The maximum atomic E-state index is 12.7. The first-order valence-electron chi connectivity index (χ1n) is 5.56. The monoisotopic (exact) mass is 384 g/mol. The third-order valence-electron chi connectivity index (χ3n) is 2.71. The molecule has 0 aliphatic heterocycles. The minimum Gasteiger partial charge on any atom is -0.388 e. The Kier molecular flexibility index (Phi) is 4.79. The number of halogens is 5. The number of aliphatic hydroxyl groups excluding tert-OH is 1. The Morgan fingerprint density at radius 3 is 2.50 bits per heavy atom. The lowest BCUT2D eigenvalue weighted by atomic mass is 10.0. The van der Waals surface area contributed by atoms with Gasteiger partial charge in [0.25, 0.3) is 0 Å². The van der Waals surface area contributed by atoms with Gasteiger partial charge in [-0.25, -0.2) is 0 Å². The summed E-state index contributed by atoms with van der Waals surface area (Å²) < 4.78 is 39.1. The van der Waals surface area contributed by atoms with Gasteiger partial charge in [-0.1, -0.05) is 27.5 Å². The predicted molar refractivity (Wildman–Crippen MR) is 77.1 cm³/mol. The lowest BCUT2D eigenvalue weighted by molar-refractivity contribution is -0.137. The Labute approximate surface area is 131 Å². The second-order valence-corrected chi connectivity index (χ2v) is 6.81. The first kappa shape index (κ1) is 15.8. The summed E-state index contributed by atoms with van der Waals surface area (Å²) in [6.45, 7) is 0. The van der Waals surface area contributed by atoms with E-state index in [1.807, 2.05) is 0 Å². The molecule has 2 aromatic rings. The van der Waals surface area contributed by atoms with Gasteiger partial charge in [-0.3, -0.25) is 0 Å². The zero-order chi connectivity index (χ0) is 14.9. The molecule has 0 aliphatic rings. The van der Waals surface area contributed by atoms with Gasteiger partial charge in [-0.05, 0) is 35.9 Å². The lowest BCUT2D eigenvalue weighted by Crippen LogP contribution is -2.08. The Bertz CT molecular complexity index is 612. The molecule has 0 fully saturated rings. The molecule has 0 saturated carbocycles. The minimum absolute atomic E-state index is 0.212. The van der Waals surface area contributed by atoms with Crippen molar-refractivity contribution >= 4 is 38.9 Å². The molecule has 20 heavy (non-hydrogen) atoms. The van der Waals surface area contributed by atoms with Crippen molar-refractivity contribution < 1.29 is 18.3 Å². The van der Waals surface area contributed by atoms with Crippen molar-refractivity contribution in [3.05, 3.63) is 55.1 Å². The number of alkyl halides is 3. The summed E-state index contributed by atoms with van der Waals surface area (Å²) in [6, 6.07) is 6.67. The van der Waals surface area contributed by atoms with Gasteiger partial charge in [-0.2, -0.15) is 13.2 Å². The largest absolute Gasteiger partial charge is 0.416 e. The van der Waals surface area contributed by atoms with E-state index in [0.717, 1.165) is 17.0 Å². The lowest BCUT2D eigenvalue weighted by Gasteiger charge is -2.15. The maximum Gasteiger partial charge on any atom is 0.416 e. The van der Waals surface area contributed by atoms with E-state index in [0.29, 0.717) is 8.81 Å². The Morgan fingerprint density at radius 1 is 1.25 bits per heavy atom. The van der Waals surface area contributed by atoms with Crippen LogP contribution in [0.25, 0.3) is 0 Å². The molecule has 108 valence electrons. The van der Waals surface area contributed by atoms with E-state index < -0.39 is 17.8 Å². The maximum absolute atomic E-state index is 12.7.